The molecule has 0 spiro atoms. The van der Waals surface area contributed by atoms with E-state index in [-0.39, 0.29) is 0 Å². The SMILES string of the molecule is ON=C(Cn1ccnc1)c1ccccc1. The first kappa shape index (κ1) is 9.45. The van der Waals surface area contributed by atoms with E-state index in [9.17, 15) is 0 Å². The highest BCUT2D eigenvalue weighted by atomic mass is 16.4. The van der Waals surface area contributed by atoms with Gasteiger partial charge in [0.1, 0.15) is 5.71 Å². The number of hydrogen-bond acceptors (Lipinski definition) is 3. The molecule has 1 heterocycles. The fraction of sp³-hybridized carbons (Fsp3) is 0.0909. The van der Waals surface area contributed by atoms with Gasteiger partial charge in [-0.2, -0.15) is 0 Å². The van der Waals surface area contributed by atoms with Crippen LogP contribution in [-0.4, -0.2) is 20.5 Å². The van der Waals surface area contributed by atoms with Crippen LogP contribution in [0.5, 0.6) is 0 Å². The van der Waals surface area contributed by atoms with Gasteiger partial charge in [0.25, 0.3) is 0 Å². The van der Waals surface area contributed by atoms with E-state index in [1.165, 1.54) is 0 Å². The summed E-state index contributed by atoms with van der Waals surface area (Å²) in [4.78, 5) is 3.93. The summed E-state index contributed by atoms with van der Waals surface area (Å²) in [5.41, 5.74) is 1.53. The van der Waals surface area contributed by atoms with E-state index in [4.69, 9.17) is 5.21 Å². The number of rotatable bonds is 3. The quantitative estimate of drug-likeness (QED) is 0.467. The minimum Gasteiger partial charge on any atom is -0.411 e. The van der Waals surface area contributed by atoms with Crippen LogP contribution < -0.4 is 0 Å². The van der Waals surface area contributed by atoms with Crippen LogP contribution in [0, 0.1) is 0 Å². The standard InChI is InChI=1S/C11H11N3O/c15-13-11(8-14-7-6-12-9-14)10-4-2-1-3-5-10/h1-7,9,15H,8H2. The average molecular weight is 201 g/mol. The third kappa shape index (κ3) is 2.22. The molecule has 1 N–H and O–H groups in total. The first-order valence-corrected chi connectivity index (χ1v) is 4.62. The molecule has 1 aromatic heterocycles. The molecule has 0 aliphatic heterocycles. The van der Waals surface area contributed by atoms with Crippen molar-refractivity contribution in [2.45, 2.75) is 6.54 Å². The molecule has 76 valence electrons. The van der Waals surface area contributed by atoms with Gasteiger partial charge in [-0.3, -0.25) is 0 Å². The van der Waals surface area contributed by atoms with Crippen LogP contribution in [0.3, 0.4) is 0 Å². The summed E-state index contributed by atoms with van der Waals surface area (Å²) in [5, 5.41) is 12.2. The third-order valence-corrected chi connectivity index (χ3v) is 2.12. The topological polar surface area (TPSA) is 50.4 Å². The Morgan fingerprint density at radius 2 is 2.13 bits per heavy atom. The number of imidazole rings is 1. The van der Waals surface area contributed by atoms with E-state index in [1.807, 2.05) is 41.1 Å². The van der Waals surface area contributed by atoms with Crippen LogP contribution in [0.15, 0.2) is 54.2 Å². The van der Waals surface area contributed by atoms with Crippen LogP contribution in [0.4, 0.5) is 0 Å². The van der Waals surface area contributed by atoms with Gasteiger partial charge in [0.15, 0.2) is 0 Å². The molecule has 15 heavy (non-hydrogen) atoms. The first-order valence-electron chi connectivity index (χ1n) is 4.62. The molecule has 0 amide bonds. The lowest BCUT2D eigenvalue weighted by Crippen LogP contribution is -2.10. The van der Waals surface area contributed by atoms with Crippen LogP contribution in [0.1, 0.15) is 5.56 Å². The summed E-state index contributed by atoms with van der Waals surface area (Å²) in [5.74, 6) is 0. The zero-order valence-electron chi connectivity index (χ0n) is 8.11. The maximum absolute atomic E-state index is 8.93. The zero-order valence-corrected chi connectivity index (χ0v) is 8.11. The molecule has 0 unspecified atom stereocenters. The Kier molecular flexibility index (Phi) is 2.78. The van der Waals surface area contributed by atoms with Crippen LogP contribution in [0.25, 0.3) is 0 Å². The maximum atomic E-state index is 8.93. The summed E-state index contributed by atoms with van der Waals surface area (Å²) >= 11 is 0. The maximum Gasteiger partial charge on any atom is 0.106 e. The summed E-state index contributed by atoms with van der Waals surface area (Å²) in [7, 11) is 0. The van der Waals surface area contributed by atoms with Gasteiger partial charge in [-0.1, -0.05) is 35.5 Å². The molecule has 0 saturated heterocycles. The van der Waals surface area contributed by atoms with E-state index in [0.29, 0.717) is 12.3 Å². The molecule has 0 aliphatic carbocycles. The van der Waals surface area contributed by atoms with Crippen molar-refractivity contribution in [3.63, 3.8) is 0 Å². The van der Waals surface area contributed by atoms with E-state index < -0.39 is 0 Å². The second-order valence-corrected chi connectivity index (χ2v) is 3.15. The minimum absolute atomic E-state index is 0.514. The minimum atomic E-state index is 0.514. The molecule has 0 radical (unpaired) electrons. The monoisotopic (exact) mass is 201 g/mol. The van der Waals surface area contributed by atoms with Gasteiger partial charge < -0.3 is 9.77 Å². The Labute approximate surface area is 87.5 Å². The molecule has 4 heteroatoms. The predicted octanol–water partition coefficient (Wildman–Crippen LogP) is 1.76. The van der Waals surface area contributed by atoms with Crippen LogP contribution in [0.2, 0.25) is 0 Å². The van der Waals surface area contributed by atoms with Crippen molar-refractivity contribution >= 4 is 5.71 Å². The van der Waals surface area contributed by atoms with Gasteiger partial charge in [-0.05, 0) is 0 Å². The van der Waals surface area contributed by atoms with Gasteiger partial charge in [0.2, 0.25) is 0 Å². The van der Waals surface area contributed by atoms with Crippen molar-refractivity contribution < 1.29 is 5.21 Å². The molecule has 0 fully saturated rings. The Balaban J connectivity index is 2.20. The molecule has 2 rings (SSSR count). The number of aromatic nitrogens is 2. The summed E-state index contributed by atoms with van der Waals surface area (Å²) in [6.07, 6.45) is 5.21. The second-order valence-electron chi connectivity index (χ2n) is 3.15. The average Bonchev–Trinajstić information content (AvgIpc) is 2.80. The zero-order chi connectivity index (χ0) is 10.5. The molecule has 0 aliphatic rings. The first-order chi connectivity index (χ1) is 7.40. The highest BCUT2D eigenvalue weighted by Crippen LogP contribution is 2.03. The molecule has 0 saturated carbocycles. The van der Waals surface area contributed by atoms with Crippen molar-refractivity contribution in [3.05, 3.63) is 54.6 Å². The number of nitrogens with zero attached hydrogens (tertiary/aromatic N) is 3. The summed E-state index contributed by atoms with van der Waals surface area (Å²) in [6, 6.07) is 9.57. The third-order valence-electron chi connectivity index (χ3n) is 2.12. The van der Waals surface area contributed by atoms with Crippen LogP contribution in [-0.2, 0) is 6.54 Å². The number of benzene rings is 1. The Morgan fingerprint density at radius 3 is 2.73 bits per heavy atom. The van der Waals surface area contributed by atoms with Crippen molar-refractivity contribution in [2.75, 3.05) is 0 Å². The molecule has 4 nitrogen and oxygen atoms in total. The Morgan fingerprint density at radius 1 is 1.33 bits per heavy atom. The lowest BCUT2D eigenvalue weighted by Gasteiger charge is -2.04. The van der Waals surface area contributed by atoms with E-state index in [0.717, 1.165) is 5.56 Å². The van der Waals surface area contributed by atoms with Crippen molar-refractivity contribution in [1.82, 2.24) is 9.55 Å². The fourth-order valence-electron chi connectivity index (χ4n) is 1.36. The number of hydrogen-bond donors (Lipinski definition) is 1. The summed E-state index contributed by atoms with van der Waals surface area (Å²) in [6.45, 7) is 0.514. The Hall–Kier alpha value is -2.10. The highest BCUT2D eigenvalue weighted by Gasteiger charge is 2.03. The molecular formula is C11H11N3O. The molecule has 0 atom stereocenters. The van der Waals surface area contributed by atoms with Gasteiger partial charge >= 0.3 is 0 Å². The largest absolute Gasteiger partial charge is 0.411 e. The smallest absolute Gasteiger partial charge is 0.106 e. The highest BCUT2D eigenvalue weighted by molar-refractivity contribution is 5.99. The second kappa shape index (κ2) is 4.41. The Bertz CT molecular complexity index is 434. The van der Waals surface area contributed by atoms with Gasteiger partial charge in [0.05, 0.1) is 12.9 Å². The van der Waals surface area contributed by atoms with Crippen LogP contribution >= 0.6 is 0 Å². The van der Waals surface area contributed by atoms with E-state index in [2.05, 4.69) is 10.1 Å². The van der Waals surface area contributed by atoms with Crippen molar-refractivity contribution in [2.24, 2.45) is 5.16 Å². The number of oxime groups is 1. The van der Waals surface area contributed by atoms with Crippen molar-refractivity contribution in [1.29, 1.82) is 0 Å². The van der Waals surface area contributed by atoms with E-state index >= 15 is 0 Å². The molecule has 0 bridgehead atoms. The van der Waals surface area contributed by atoms with Gasteiger partial charge in [-0.15, -0.1) is 0 Å². The predicted molar refractivity (Wildman–Crippen MR) is 57.0 cm³/mol. The lowest BCUT2D eigenvalue weighted by atomic mass is 10.1. The lowest BCUT2D eigenvalue weighted by molar-refractivity contribution is 0.317. The van der Waals surface area contributed by atoms with Gasteiger partial charge in [-0.25, -0.2) is 4.98 Å². The van der Waals surface area contributed by atoms with Crippen molar-refractivity contribution in [3.8, 4) is 0 Å². The molecule has 1 aromatic carbocycles. The molecular weight excluding hydrogens is 190 g/mol. The van der Waals surface area contributed by atoms with Gasteiger partial charge in [0, 0.05) is 18.0 Å². The fourth-order valence-corrected chi connectivity index (χ4v) is 1.36. The summed E-state index contributed by atoms with van der Waals surface area (Å²) < 4.78 is 1.85. The molecule has 2 aromatic rings. The normalized spacial score (nSPS) is 11.6. The van der Waals surface area contributed by atoms with E-state index in [1.54, 1.807) is 12.5 Å².